The number of carbonyl (C=O) groups is 3. The molecule has 6 nitrogen and oxygen atoms in total. The molecule has 0 bridgehead atoms. The summed E-state index contributed by atoms with van der Waals surface area (Å²) in [6.45, 7) is 6.53. The molecule has 174 valence electrons. The van der Waals surface area contributed by atoms with Gasteiger partial charge in [0.25, 0.3) is 0 Å². The smallest absolute Gasteiger partial charge is 0.242 e. The molecule has 1 aliphatic carbocycles. The van der Waals surface area contributed by atoms with Gasteiger partial charge in [0, 0.05) is 32.0 Å². The molecule has 1 saturated heterocycles. The molecule has 1 unspecified atom stereocenters. The van der Waals surface area contributed by atoms with Gasteiger partial charge in [-0.25, -0.2) is 0 Å². The average Bonchev–Trinajstić information content (AvgIpc) is 3.18. The predicted molar refractivity (Wildman–Crippen MR) is 126 cm³/mol. The summed E-state index contributed by atoms with van der Waals surface area (Å²) >= 11 is 0. The first kappa shape index (κ1) is 24.0. The molecule has 1 aromatic rings. The molecule has 1 saturated carbocycles. The molecule has 2 aliphatic rings. The van der Waals surface area contributed by atoms with Gasteiger partial charge in [0.2, 0.25) is 17.7 Å². The summed E-state index contributed by atoms with van der Waals surface area (Å²) in [5, 5.41) is 6.08. The van der Waals surface area contributed by atoms with Crippen LogP contribution in [-0.2, 0) is 20.8 Å². The number of nitrogens with one attached hydrogen (secondary N) is 2. The Labute approximate surface area is 191 Å². The molecule has 1 aliphatic heterocycles. The zero-order valence-corrected chi connectivity index (χ0v) is 19.3. The van der Waals surface area contributed by atoms with Gasteiger partial charge in [-0.2, -0.15) is 0 Å². The molecule has 2 fully saturated rings. The van der Waals surface area contributed by atoms with Crippen LogP contribution in [0.5, 0.6) is 0 Å². The van der Waals surface area contributed by atoms with Crippen LogP contribution in [0, 0.1) is 5.92 Å². The molecule has 2 atom stereocenters. The summed E-state index contributed by atoms with van der Waals surface area (Å²) in [4.78, 5) is 40.0. The van der Waals surface area contributed by atoms with E-state index in [1.54, 1.807) is 4.90 Å². The van der Waals surface area contributed by atoms with E-state index in [4.69, 9.17) is 0 Å². The van der Waals surface area contributed by atoms with Crippen molar-refractivity contribution in [2.75, 3.05) is 13.1 Å². The lowest BCUT2D eigenvalue weighted by Crippen LogP contribution is -2.46. The highest BCUT2D eigenvalue weighted by Crippen LogP contribution is 2.27. The number of amides is 3. The van der Waals surface area contributed by atoms with E-state index >= 15 is 0 Å². The van der Waals surface area contributed by atoms with Crippen molar-refractivity contribution >= 4 is 17.7 Å². The zero-order chi connectivity index (χ0) is 22.9. The molecule has 0 aromatic heterocycles. The Balaban J connectivity index is 1.55. The number of hydrogen-bond acceptors (Lipinski definition) is 3. The van der Waals surface area contributed by atoms with Crippen molar-refractivity contribution in [3.05, 3.63) is 48.0 Å². The van der Waals surface area contributed by atoms with Crippen LogP contribution in [0.25, 0.3) is 0 Å². The zero-order valence-electron chi connectivity index (χ0n) is 19.3. The van der Waals surface area contributed by atoms with Crippen LogP contribution in [0.2, 0.25) is 0 Å². The maximum absolute atomic E-state index is 12.9. The van der Waals surface area contributed by atoms with Crippen LogP contribution in [0.1, 0.15) is 63.9 Å². The van der Waals surface area contributed by atoms with E-state index in [0.717, 1.165) is 30.4 Å². The van der Waals surface area contributed by atoms with Gasteiger partial charge in [-0.1, -0.05) is 61.7 Å². The van der Waals surface area contributed by atoms with Crippen molar-refractivity contribution in [2.24, 2.45) is 5.92 Å². The first-order valence-electron chi connectivity index (χ1n) is 12.0. The Hall–Kier alpha value is -2.63. The van der Waals surface area contributed by atoms with E-state index in [1.165, 1.54) is 19.3 Å². The molecule has 1 heterocycles. The minimum absolute atomic E-state index is 0.0411. The van der Waals surface area contributed by atoms with Gasteiger partial charge in [0.1, 0.15) is 6.04 Å². The Bertz CT molecular complexity index is 802. The molecular weight excluding hydrogens is 402 g/mol. The van der Waals surface area contributed by atoms with Gasteiger partial charge >= 0.3 is 0 Å². The molecule has 6 heteroatoms. The fraction of sp³-hybridized carbons (Fsp3) is 0.577. The number of rotatable bonds is 9. The SMILES string of the molecule is C=C(C)CC(=O)N1CC(NC(=O)CC2CCCCC2)C[C@H]1C(=O)NCCc1ccccc1. The summed E-state index contributed by atoms with van der Waals surface area (Å²) < 4.78 is 0. The predicted octanol–water partition coefficient (Wildman–Crippen LogP) is 3.37. The summed E-state index contributed by atoms with van der Waals surface area (Å²) in [5.74, 6) is 0.243. The third-order valence-corrected chi connectivity index (χ3v) is 6.50. The quantitative estimate of drug-likeness (QED) is 0.579. The van der Waals surface area contributed by atoms with E-state index in [9.17, 15) is 14.4 Å². The number of likely N-dealkylation sites (tertiary alicyclic amines) is 1. The maximum Gasteiger partial charge on any atom is 0.242 e. The Morgan fingerprint density at radius 3 is 2.50 bits per heavy atom. The highest BCUT2D eigenvalue weighted by atomic mass is 16.2. The molecule has 1 aromatic carbocycles. The molecule has 2 N–H and O–H groups in total. The van der Waals surface area contributed by atoms with Crippen LogP contribution in [0.15, 0.2) is 42.5 Å². The monoisotopic (exact) mass is 439 g/mol. The van der Waals surface area contributed by atoms with Gasteiger partial charge in [-0.3, -0.25) is 14.4 Å². The standard InChI is InChI=1S/C26H37N3O3/c1-19(2)15-25(31)29-18-22(28-24(30)16-21-11-7-4-8-12-21)17-23(29)26(32)27-14-13-20-9-5-3-6-10-20/h3,5-6,9-10,21-23H,1,4,7-8,11-18H2,2H3,(H,27,32)(H,28,30)/t22?,23-/m0/s1. The second-order valence-electron chi connectivity index (χ2n) is 9.43. The van der Waals surface area contributed by atoms with Crippen molar-refractivity contribution < 1.29 is 14.4 Å². The number of nitrogens with zero attached hydrogens (tertiary/aromatic N) is 1. The van der Waals surface area contributed by atoms with E-state index in [0.29, 0.717) is 31.8 Å². The van der Waals surface area contributed by atoms with Gasteiger partial charge in [0.05, 0.1) is 0 Å². The van der Waals surface area contributed by atoms with Gasteiger partial charge < -0.3 is 15.5 Å². The second kappa shape index (κ2) is 11.8. The van der Waals surface area contributed by atoms with Crippen molar-refractivity contribution in [2.45, 2.75) is 76.8 Å². The van der Waals surface area contributed by atoms with Crippen LogP contribution >= 0.6 is 0 Å². The lowest BCUT2D eigenvalue weighted by molar-refractivity contribution is -0.138. The lowest BCUT2D eigenvalue weighted by Gasteiger charge is -2.24. The van der Waals surface area contributed by atoms with Crippen LogP contribution in [0.3, 0.4) is 0 Å². The van der Waals surface area contributed by atoms with Crippen LogP contribution in [-0.4, -0.2) is 47.8 Å². The normalized spacial score (nSPS) is 21.2. The van der Waals surface area contributed by atoms with Crippen molar-refractivity contribution in [3.63, 3.8) is 0 Å². The Kier molecular flexibility index (Phi) is 8.89. The van der Waals surface area contributed by atoms with Crippen LogP contribution < -0.4 is 10.6 Å². The van der Waals surface area contributed by atoms with E-state index < -0.39 is 6.04 Å². The second-order valence-corrected chi connectivity index (χ2v) is 9.43. The minimum atomic E-state index is -0.558. The Morgan fingerprint density at radius 1 is 1.09 bits per heavy atom. The summed E-state index contributed by atoms with van der Waals surface area (Å²) in [6.07, 6.45) is 7.87. The van der Waals surface area contributed by atoms with Gasteiger partial charge in [-0.05, 0) is 44.1 Å². The van der Waals surface area contributed by atoms with Crippen molar-refractivity contribution in [1.82, 2.24) is 15.5 Å². The fourth-order valence-corrected chi connectivity index (χ4v) is 4.86. The minimum Gasteiger partial charge on any atom is -0.354 e. The maximum atomic E-state index is 12.9. The first-order chi connectivity index (χ1) is 15.4. The number of carbonyl (C=O) groups excluding carboxylic acids is 3. The highest BCUT2D eigenvalue weighted by Gasteiger charge is 2.39. The molecule has 0 radical (unpaired) electrons. The summed E-state index contributed by atoms with van der Waals surface area (Å²) in [6, 6.07) is 9.24. The third-order valence-electron chi connectivity index (χ3n) is 6.50. The van der Waals surface area contributed by atoms with E-state index in [2.05, 4.69) is 17.2 Å². The topological polar surface area (TPSA) is 78.5 Å². The molecule has 32 heavy (non-hydrogen) atoms. The van der Waals surface area contributed by atoms with Crippen molar-refractivity contribution in [1.29, 1.82) is 0 Å². The summed E-state index contributed by atoms with van der Waals surface area (Å²) in [5.41, 5.74) is 1.92. The van der Waals surface area contributed by atoms with Gasteiger partial charge in [0.15, 0.2) is 0 Å². The first-order valence-corrected chi connectivity index (χ1v) is 12.0. The van der Waals surface area contributed by atoms with Gasteiger partial charge in [-0.15, -0.1) is 0 Å². The third kappa shape index (κ3) is 7.21. The lowest BCUT2D eigenvalue weighted by atomic mass is 9.87. The largest absolute Gasteiger partial charge is 0.354 e. The molecule has 3 amide bonds. The summed E-state index contributed by atoms with van der Waals surface area (Å²) in [7, 11) is 0. The molecule has 3 rings (SSSR count). The molecule has 0 spiro atoms. The average molecular weight is 440 g/mol. The van der Waals surface area contributed by atoms with Crippen LogP contribution in [0.4, 0.5) is 0 Å². The number of benzene rings is 1. The number of hydrogen-bond donors (Lipinski definition) is 2. The Morgan fingerprint density at radius 2 is 1.81 bits per heavy atom. The van der Waals surface area contributed by atoms with E-state index in [1.807, 2.05) is 37.3 Å². The fourth-order valence-electron chi connectivity index (χ4n) is 4.86. The van der Waals surface area contributed by atoms with E-state index in [-0.39, 0.29) is 30.2 Å². The molecular formula is C26H37N3O3. The highest BCUT2D eigenvalue weighted by molar-refractivity contribution is 5.89. The van der Waals surface area contributed by atoms with Crippen molar-refractivity contribution in [3.8, 4) is 0 Å².